The van der Waals surface area contributed by atoms with E-state index in [-0.39, 0.29) is 6.61 Å². The Morgan fingerprint density at radius 3 is 2.56 bits per heavy atom. The van der Waals surface area contributed by atoms with E-state index in [0.29, 0.717) is 11.5 Å². The quantitative estimate of drug-likeness (QED) is 0.796. The molecular formula is C13H18O3. The molecule has 0 saturated heterocycles. The minimum Gasteiger partial charge on any atom is -0.464 e. The number of aliphatic hydroxyl groups is 1. The van der Waals surface area contributed by atoms with Crippen molar-refractivity contribution in [2.75, 3.05) is 6.61 Å². The van der Waals surface area contributed by atoms with E-state index < -0.39 is 12.1 Å². The monoisotopic (exact) mass is 222 g/mol. The lowest BCUT2D eigenvalue weighted by atomic mass is 9.99. The zero-order valence-electron chi connectivity index (χ0n) is 9.93. The molecule has 0 aliphatic heterocycles. The number of rotatable bonds is 4. The van der Waals surface area contributed by atoms with Crippen LogP contribution in [0.3, 0.4) is 0 Å². The third kappa shape index (κ3) is 3.07. The van der Waals surface area contributed by atoms with Crippen LogP contribution in [0.25, 0.3) is 0 Å². The van der Waals surface area contributed by atoms with Gasteiger partial charge in [-0.25, -0.2) is 4.79 Å². The van der Waals surface area contributed by atoms with Crippen LogP contribution in [0.15, 0.2) is 24.3 Å². The summed E-state index contributed by atoms with van der Waals surface area (Å²) >= 11 is 0. The van der Waals surface area contributed by atoms with Gasteiger partial charge in [-0.05, 0) is 24.0 Å². The molecule has 0 amide bonds. The molecule has 1 aromatic carbocycles. The molecular weight excluding hydrogens is 204 g/mol. The van der Waals surface area contributed by atoms with Crippen molar-refractivity contribution < 1.29 is 14.6 Å². The first-order valence-electron chi connectivity index (χ1n) is 5.50. The van der Waals surface area contributed by atoms with Gasteiger partial charge in [0.05, 0.1) is 6.61 Å². The molecule has 0 spiro atoms. The number of carbonyl (C=O) groups excluding carboxylic acids is 1. The molecule has 0 aliphatic carbocycles. The molecule has 1 aromatic rings. The lowest BCUT2D eigenvalue weighted by Gasteiger charge is -2.12. The summed E-state index contributed by atoms with van der Waals surface area (Å²) in [6.45, 7) is 6.13. The first kappa shape index (κ1) is 12.7. The van der Waals surface area contributed by atoms with Gasteiger partial charge in [0.25, 0.3) is 0 Å². The van der Waals surface area contributed by atoms with Crippen LogP contribution in [-0.4, -0.2) is 17.7 Å². The number of hydrogen-bond acceptors (Lipinski definition) is 3. The standard InChI is InChI=1S/C13H18O3/c1-4-16-13(15)12(14)11-7-5-6-10(8-11)9(2)3/h5-9,12,14H,4H2,1-3H3. The smallest absolute Gasteiger partial charge is 0.339 e. The molecule has 1 rings (SSSR count). The topological polar surface area (TPSA) is 46.5 Å². The highest BCUT2D eigenvalue weighted by Gasteiger charge is 2.18. The Labute approximate surface area is 96.1 Å². The van der Waals surface area contributed by atoms with Crippen molar-refractivity contribution in [3.63, 3.8) is 0 Å². The van der Waals surface area contributed by atoms with Crippen LogP contribution in [0.1, 0.15) is 43.9 Å². The van der Waals surface area contributed by atoms with Gasteiger partial charge in [0.1, 0.15) is 0 Å². The van der Waals surface area contributed by atoms with Crippen LogP contribution in [-0.2, 0) is 9.53 Å². The average molecular weight is 222 g/mol. The lowest BCUT2D eigenvalue weighted by Crippen LogP contribution is -2.15. The van der Waals surface area contributed by atoms with Crippen LogP contribution in [0.4, 0.5) is 0 Å². The molecule has 1 unspecified atom stereocenters. The molecule has 0 bridgehead atoms. The molecule has 1 atom stereocenters. The van der Waals surface area contributed by atoms with E-state index in [1.165, 1.54) is 0 Å². The summed E-state index contributed by atoms with van der Waals surface area (Å²) in [5, 5.41) is 9.75. The third-order valence-corrected chi connectivity index (χ3v) is 2.40. The molecule has 0 aromatic heterocycles. The Morgan fingerprint density at radius 1 is 1.38 bits per heavy atom. The SMILES string of the molecule is CCOC(=O)C(O)c1cccc(C(C)C)c1. The normalized spacial score (nSPS) is 12.6. The highest BCUT2D eigenvalue weighted by Crippen LogP contribution is 2.20. The minimum absolute atomic E-state index is 0.278. The molecule has 1 N–H and O–H groups in total. The number of esters is 1. The Balaban J connectivity index is 2.87. The van der Waals surface area contributed by atoms with Gasteiger partial charge >= 0.3 is 5.97 Å². The van der Waals surface area contributed by atoms with Gasteiger partial charge in [-0.2, -0.15) is 0 Å². The van der Waals surface area contributed by atoms with Crippen LogP contribution < -0.4 is 0 Å². The number of carbonyl (C=O) groups is 1. The third-order valence-electron chi connectivity index (χ3n) is 2.40. The minimum atomic E-state index is -1.18. The van der Waals surface area contributed by atoms with Crippen molar-refractivity contribution in [3.05, 3.63) is 35.4 Å². The van der Waals surface area contributed by atoms with E-state index in [9.17, 15) is 9.90 Å². The van der Waals surface area contributed by atoms with Gasteiger partial charge in [-0.1, -0.05) is 38.1 Å². The van der Waals surface area contributed by atoms with Crippen LogP contribution in [0.2, 0.25) is 0 Å². The van der Waals surface area contributed by atoms with Crippen molar-refractivity contribution >= 4 is 5.97 Å². The van der Waals surface area contributed by atoms with E-state index in [1.807, 2.05) is 18.2 Å². The van der Waals surface area contributed by atoms with Crippen molar-refractivity contribution in [2.24, 2.45) is 0 Å². The molecule has 3 nitrogen and oxygen atoms in total. The summed E-state index contributed by atoms with van der Waals surface area (Å²) in [4.78, 5) is 11.4. The van der Waals surface area contributed by atoms with Gasteiger partial charge in [-0.15, -0.1) is 0 Å². The van der Waals surface area contributed by atoms with Crippen molar-refractivity contribution in [3.8, 4) is 0 Å². The van der Waals surface area contributed by atoms with Gasteiger partial charge in [0.2, 0.25) is 0 Å². The van der Waals surface area contributed by atoms with E-state index in [0.717, 1.165) is 5.56 Å². The predicted octanol–water partition coefficient (Wildman–Crippen LogP) is 2.41. The number of aliphatic hydroxyl groups excluding tert-OH is 1. The number of hydrogen-bond donors (Lipinski definition) is 1. The maximum Gasteiger partial charge on any atom is 0.339 e. The van der Waals surface area contributed by atoms with Gasteiger partial charge in [0.15, 0.2) is 6.10 Å². The van der Waals surface area contributed by atoms with Gasteiger partial charge < -0.3 is 9.84 Å². The first-order chi connectivity index (χ1) is 7.56. The van der Waals surface area contributed by atoms with Crippen LogP contribution >= 0.6 is 0 Å². The molecule has 0 aliphatic rings. The van der Waals surface area contributed by atoms with E-state index >= 15 is 0 Å². The largest absolute Gasteiger partial charge is 0.464 e. The Kier molecular flexibility index (Phi) is 4.50. The Hall–Kier alpha value is -1.35. The summed E-state index contributed by atoms with van der Waals surface area (Å²) in [6, 6.07) is 7.39. The van der Waals surface area contributed by atoms with Crippen molar-refractivity contribution in [2.45, 2.75) is 32.8 Å². The molecule has 16 heavy (non-hydrogen) atoms. The summed E-state index contributed by atoms with van der Waals surface area (Å²) in [5.41, 5.74) is 1.69. The molecule has 0 saturated carbocycles. The molecule has 0 radical (unpaired) electrons. The molecule has 3 heteroatoms. The van der Waals surface area contributed by atoms with E-state index in [2.05, 4.69) is 13.8 Å². The van der Waals surface area contributed by atoms with Gasteiger partial charge in [-0.3, -0.25) is 0 Å². The Bertz CT molecular complexity index is 358. The fourth-order valence-electron chi connectivity index (χ4n) is 1.45. The summed E-state index contributed by atoms with van der Waals surface area (Å²) in [5.74, 6) is -0.224. The second-order valence-electron chi connectivity index (χ2n) is 3.98. The van der Waals surface area contributed by atoms with E-state index in [4.69, 9.17) is 4.74 Å². The first-order valence-corrected chi connectivity index (χ1v) is 5.50. The Morgan fingerprint density at radius 2 is 2.00 bits per heavy atom. The lowest BCUT2D eigenvalue weighted by molar-refractivity contribution is -0.153. The summed E-state index contributed by atoms with van der Waals surface area (Å²) in [7, 11) is 0. The van der Waals surface area contributed by atoms with Gasteiger partial charge in [0, 0.05) is 0 Å². The summed E-state index contributed by atoms with van der Waals surface area (Å²) in [6.07, 6.45) is -1.18. The van der Waals surface area contributed by atoms with Crippen LogP contribution in [0, 0.1) is 0 Å². The summed E-state index contributed by atoms with van der Waals surface area (Å²) < 4.78 is 4.77. The second kappa shape index (κ2) is 5.66. The average Bonchev–Trinajstić information content (AvgIpc) is 2.28. The molecule has 0 fully saturated rings. The number of benzene rings is 1. The fraction of sp³-hybridized carbons (Fsp3) is 0.462. The zero-order valence-corrected chi connectivity index (χ0v) is 9.93. The van der Waals surface area contributed by atoms with Crippen LogP contribution in [0.5, 0.6) is 0 Å². The van der Waals surface area contributed by atoms with Crippen molar-refractivity contribution in [1.82, 2.24) is 0 Å². The number of ether oxygens (including phenoxy) is 1. The van der Waals surface area contributed by atoms with Crippen molar-refractivity contribution in [1.29, 1.82) is 0 Å². The predicted molar refractivity (Wildman–Crippen MR) is 62.1 cm³/mol. The molecule has 88 valence electrons. The fourth-order valence-corrected chi connectivity index (χ4v) is 1.45. The maximum absolute atomic E-state index is 11.4. The second-order valence-corrected chi connectivity index (χ2v) is 3.98. The van der Waals surface area contributed by atoms with E-state index in [1.54, 1.807) is 13.0 Å². The molecule has 0 heterocycles. The highest BCUT2D eigenvalue weighted by molar-refractivity contribution is 5.76. The highest BCUT2D eigenvalue weighted by atomic mass is 16.5. The zero-order chi connectivity index (χ0) is 12.1. The maximum atomic E-state index is 11.4.